The Kier molecular flexibility index (Phi) is 3.55. The molecule has 0 spiro atoms. The highest BCUT2D eigenvalue weighted by Gasteiger charge is 2.18. The van der Waals surface area contributed by atoms with Gasteiger partial charge >= 0.3 is 5.97 Å². The van der Waals surface area contributed by atoms with Crippen LogP contribution >= 0.6 is 0 Å². The van der Waals surface area contributed by atoms with Gasteiger partial charge in [-0.3, -0.25) is 0 Å². The number of anilines is 1. The highest BCUT2D eigenvalue weighted by atomic mass is 16.5. The standard InChI is InChI=1S/C14H17NO3/c1-10-5-7-15(8-6-10)13-9-11(18-2)3-4-12(13)14(16)17/h3-5,9H,6-8H2,1-2H3,(H,16,17). The first-order valence-electron chi connectivity index (χ1n) is 5.93. The number of hydrogen-bond donors (Lipinski definition) is 1. The Morgan fingerprint density at radius 1 is 1.44 bits per heavy atom. The Labute approximate surface area is 106 Å². The van der Waals surface area contributed by atoms with E-state index in [1.807, 2.05) is 0 Å². The lowest BCUT2D eigenvalue weighted by Crippen LogP contribution is -2.29. The van der Waals surface area contributed by atoms with Crippen molar-refractivity contribution in [1.82, 2.24) is 0 Å². The van der Waals surface area contributed by atoms with Gasteiger partial charge in [0.1, 0.15) is 5.75 Å². The average Bonchev–Trinajstić information content (AvgIpc) is 2.38. The lowest BCUT2D eigenvalue weighted by molar-refractivity contribution is 0.0697. The van der Waals surface area contributed by atoms with Gasteiger partial charge in [0, 0.05) is 19.2 Å². The average molecular weight is 247 g/mol. The van der Waals surface area contributed by atoms with Crippen LogP contribution in [-0.4, -0.2) is 31.3 Å². The molecule has 18 heavy (non-hydrogen) atoms. The molecule has 4 heteroatoms. The monoisotopic (exact) mass is 247 g/mol. The number of carbonyl (C=O) groups is 1. The molecule has 0 radical (unpaired) electrons. The zero-order chi connectivity index (χ0) is 13.1. The predicted molar refractivity (Wildman–Crippen MR) is 70.5 cm³/mol. The van der Waals surface area contributed by atoms with Crippen molar-refractivity contribution in [2.45, 2.75) is 13.3 Å². The predicted octanol–water partition coefficient (Wildman–Crippen LogP) is 2.55. The fraction of sp³-hybridized carbons (Fsp3) is 0.357. The summed E-state index contributed by atoms with van der Waals surface area (Å²) < 4.78 is 5.17. The quantitative estimate of drug-likeness (QED) is 0.834. The van der Waals surface area contributed by atoms with Crippen LogP contribution in [0.15, 0.2) is 29.8 Å². The summed E-state index contributed by atoms with van der Waals surface area (Å²) in [5.41, 5.74) is 2.40. The van der Waals surface area contributed by atoms with Crippen molar-refractivity contribution in [2.75, 3.05) is 25.1 Å². The van der Waals surface area contributed by atoms with Crippen molar-refractivity contribution in [1.29, 1.82) is 0 Å². The van der Waals surface area contributed by atoms with Gasteiger partial charge in [0.15, 0.2) is 0 Å². The van der Waals surface area contributed by atoms with Gasteiger partial charge in [0.25, 0.3) is 0 Å². The minimum absolute atomic E-state index is 0.323. The van der Waals surface area contributed by atoms with E-state index in [1.165, 1.54) is 5.57 Å². The largest absolute Gasteiger partial charge is 0.497 e. The molecule has 1 N–H and O–H groups in total. The first-order chi connectivity index (χ1) is 8.61. The molecule has 0 saturated heterocycles. The van der Waals surface area contributed by atoms with Crippen molar-refractivity contribution in [3.8, 4) is 5.75 Å². The van der Waals surface area contributed by atoms with Crippen LogP contribution in [0.4, 0.5) is 5.69 Å². The molecule has 96 valence electrons. The highest BCUT2D eigenvalue weighted by molar-refractivity contribution is 5.95. The minimum atomic E-state index is -0.904. The van der Waals surface area contributed by atoms with E-state index < -0.39 is 5.97 Å². The van der Waals surface area contributed by atoms with Crippen LogP contribution in [0.25, 0.3) is 0 Å². The number of ether oxygens (including phenoxy) is 1. The van der Waals surface area contributed by atoms with Crippen LogP contribution in [0.3, 0.4) is 0 Å². The second-order valence-corrected chi connectivity index (χ2v) is 4.43. The first-order valence-corrected chi connectivity index (χ1v) is 5.93. The van der Waals surface area contributed by atoms with Crippen molar-refractivity contribution >= 4 is 11.7 Å². The van der Waals surface area contributed by atoms with Gasteiger partial charge in [-0.15, -0.1) is 0 Å². The highest BCUT2D eigenvalue weighted by Crippen LogP contribution is 2.28. The molecule has 0 amide bonds. The maximum atomic E-state index is 11.2. The number of benzene rings is 1. The van der Waals surface area contributed by atoms with Crippen molar-refractivity contribution in [2.24, 2.45) is 0 Å². The molecule has 0 aliphatic carbocycles. The number of carboxylic acids is 1. The zero-order valence-electron chi connectivity index (χ0n) is 10.6. The smallest absolute Gasteiger partial charge is 0.337 e. The lowest BCUT2D eigenvalue weighted by Gasteiger charge is -2.29. The topological polar surface area (TPSA) is 49.8 Å². The van der Waals surface area contributed by atoms with Crippen LogP contribution < -0.4 is 9.64 Å². The molecule has 1 aromatic rings. The van der Waals surface area contributed by atoms with Gasteiger partial charge in [-0.2, -0.15) is 0 Å². The molecule has 1 aromatic carbocycles. The summed E-state index contributed by atoms with van der Waals surface area (Å²) in [5, 5.41) is 9.23. The molecular weight excluding hydrogens is 230 g/mol. The fourth-order valence-electron chi connectivity index (χ4n) is 2.07. The molecule has 1 heterocycles. The van der Waals surface area contributed by atoms with E-state index >= 15 is 0 Å². The Bertz CT molecular complexity index is 494. The molecule has 0 aromatic heterocycles. The maximum absolute atomic E-state index is 11.2. The number of aromatic carboxylic acids is 1. The SMILES string of the molecule is COc1ccc(C(=O)O)c(N2CC=C(C)CC2)c1. The third kappa shape index (κ3) is 2.47. The first kappa shape index (κ1) is 12.5. The van der Waals surface area contributed by atoms with Crippen LogP contribution in [0, 0.1) is 0 Å². The van der Waals surface area contributed by atoms with E-state index in [2.05, 4.69) is 17.9 Å². The normalized spacial score (nSPS) is 15.2. The van der Waals surface area contributed by atoms with Gasteiger partial charge in [0.05, 0.1) is 18.4 Å². The zero-order valence-corrected chi connectivity index (χ0v) is 10.6. The molecule has 0 unspecified atom stereocenters. The summed E-state index contributed by atoms with van der Waals surface area (Å²) in [7, 11) is 1.58. The summed E-state index contributed by atoms with van der Waals surface area (Å²) in [4.78, 5) is 13.3. The van der Waals surface area contributed by atoms with E-state index in [1.54, 1.807) is 25.3 Å². The number of methoxy groups -OCH3 is 1. The summed E-state index contributed by atoms with van der Waals surface area (Å²) in [5.74, 6) is -0.222. The molecule has 1 aliphatic rings. The number of nitrogens with zero attached hydrogens (tertiary/aromatic N) is 1. The van der Waals surface area contributed by atoms with Gasteiger partial charge in [-0.1, -0.05) is 11.6 Å². The molecule has 0 atom stereocenters. The third-order valence-electron chi connectivity index (χ3n) is 3.21. The van der Waals surface area contributed by atoms with E-state index in [-0.39, 0.29) is 0 Å². The minimum Gasteiger partial charge on any atom is -0.497 e. The molecule has 0 saturated carbocycles. The summed E-state index contributed by atoms with van der Waals surface area (Å²) in [6, 6.07) is 5.07. The lowest BCUT2D eigenvalue weighted by atomic mass is 10.1. The van der Waals surface area contributed by atoms with E-state index in [9.17, 15) is 9.90 Å². The summed E-state index contributed by atoms with van der Waals surface area (Å²) in [6.45, 7) is 3.69. The second kappa shape index (κ2) is 5.12. The third-order valence-corrected chi connectivity index (χ3v) is 3.21. The van der Waals surface area contributed by atoms with Gasteiger partial charge in [0.2, 0.25) is 0 Å². The molecule has 2 rings (SSSR count). The Morgan fingerprint density at radius 3 is 2.78 bits per heavy atom. The van der Waals surface area contributed by atoms with Crippen LogP contribution in [0.1, 0.15) is 23.7 Å². The van der Waals surface area contributed by atoms with Crippen LogP contribution in [-0.2, 0) is 0 Å². The van der Waals surface area contributed by atoms with Crippen LogP contribution in [0.2, 0.25) is 0 Å². The number of hydrogen-bond acceptors (Lipinski definition) is 3. The van der Waals surface area contributed by atoms with E-state index in [4.69, 9.17) is 4.74 Å². The Balaban J connectivity index is 2.38. The maximum Gasteiger partial charge on any atom is 0.337 e. The molecular formula is C14H17NO3. The summed E-state index contributed by atoms with van der Waals surface area (Å²) >= 11 is 0. The van der Waals surface area contributed by atoms with Crippen molar-refractivity contribution in [3.63, 3.8) is 0 Å². The van der Waals surface area contributed by atoms with Crippen LogP contribution in [0.5, 0.6) is 5.75 Å². The van der Waals surface area contributed by atoms with E-state index in [0.29, 0.717) is 11.3 Å². The van der Waals surface area contributed by atoms with Gasteiger partial charge in [-0.05, 0) is 25.5 Å². The summed E-state index contributed by atoms with van der Waals surface area (Å²) in [6.07, 6.45) is 3.10. The van der Waals surface area contributed by atoms with Gasteiger partial charge < -0.3 is 14.7 Å². The molecule has 4 nitrogen and oxygen atoms in total. The molecule has 1 aliphatic heterocycles. The number of carboxylic acid groups (broad SMARTS) is 1. The number of rotatable bonds is 3. The van der Waals surface area contributed by atoms with Crippen molar-refractivity contribution < 1.29 is 14.6 Å². The Morgan fingerprint density at radius 2 is 2.22 bits per heavy atom. The Hall–Kier alpha value is -1.97. The van der Waals surface area contributed by atoms with Gasteiger partial charge in [-0.25, -0.2) is 4.79 Å². The van der Waals surface area contributed by atoms with E-state index in [0.717, 1.165) is 25.2 Å². The fourth-order valence-corrected chi connectivity index (χ4v) is 2.07. The molecule has 0 fully saturated rings. The molecule has 0 bridgehead atoms. The second-order valence-electron chi connectivity index (χ2n) is 4.43. The van der Waals surface area contributed by atoms with Crippen molar-refractivity contribution in [3.05, 3.63) is 35.4 Å².